The molecular formula is C18H20N4S. The molecule has 0 saturated carbocycles. The van der Waals surface area contributed by atoms with E-state index in [9.17, 15) is 0 Å². The van der Waals surface area contributed by atoms with E-state index >= 15 is 0 Å². The molecule has 23 heavy (non-hydrogen) atoms. The van der Waals surface area contributed by atoms with E-state index in [0.29, 0.717) is 0 Å². The van der Waals surface area contributed by atoms with Crippen LogP contribution < -0.4 is 10.6 Å². The quantitative estimate of drug-likeness (QED) is 0.764. The highest BCUT2D eigenvalue weighted by Crippen LogP contribution is 2.36. The van der Waals surface area contributed by atoms with Crippen LogP contribution in [0.1, 0.15) is 35.4 Å². The molecule has 4 nitrogen and oxygen atoms in total. The molecule has 3 heterocycles. The van der Waals surface area contributed by atoms with Crippen molar-refractivity contribution in [2.24, 2.45) is 0 Å². The smallest absolute Gasteiger partial charge is 0.138 e. The van der Waals surface area contributed by atoms with Gasteiger partial charge in [0.1, 0.15) is 17.0 Å². The van der Waals surface area contributed by atoms with Crippen LogP contribution in [0, 0.1) is 0 Å². The number of hydrogen-bond donors (Lipinski definition) is 2. The summed E-state index contributed by atoms with van der Waals surface area (Å²) in [5.41, 5.74) is 2.72. The molecule has 4 rings (SSSR count). The number of rotatable bonds is 4. The first-order valence-corrected chi connectivity index (χ1v) is 8.96. The van der Waals surface area contributed by atoms with Gasteiger partial charge in [0.05, 0.1) is 11.4 Å². The van der Waals surface area contributed by atoms with Gasteiger partial charge in [-0.25, -0.2) is 9.97 Å². The molecule has 1 aliphatic rings. The average molecular weight is 324 g/mol. The van der Waals surface area contributed by atoms with Gasteiger partial charge in [0.2, 0.25) is 0 Å². The van der Waals surface area contributed by atoms with Crippen molar-refractivity contribution in [2.75, 3.05) is 11.9 Å². The second-order valence-corrected chi connectivity index (χ2v) is 6.93. The number of hydrogen-bond acceptors (Lipinski definition) is 5. The number of benzene rings is 1. The van der Waals surface area contributed by atoms with Gasteiger partial charge in [-0.1, -0.05) is 37.3 Å². The molecule has 0 bridgehead atoms. The van der Waals surface area contributed by atoms with E-state index in [-0.39, 0.29) is 6.04 Å². The number of anilines is 1. The van der Waals surface area contributed by atoms with E-state index in [1.807, 2.05) is 0 Å². The molecule has 1 aliphatic heterocycles. The van der Waals surface area contributed by atoms with Gasteiger partial charge in [-0.05, 0) is 30.5 Å². The highest BCUT2D eigenvalue weighted by Gasteiger charge is 2.21. The zero-order chi connectivity index (χ0) is 15.6. The maximum absolute atomic E-state index is 4.56. The summed E-state index contributed by atoms with van der Waals surface area (Å²) in [7, 11) is 0. The Hall–Kier alpha value is -1.98. The fraction of sp³-hybridized carbons (Fsp3) is 0.333. The van der Waals surface area contributed by atoms with Gasteiger partial charge < -0.3 is 10.6 Å². The molecule has 0 unspecified atom stereocenters. The SMILES string of the molecule is CC[C@@H](Nc1ncnc2sc3c(c12)CCNC3)c1ccccc1. The van der Waals surface area contributed by atoms with E-state index in [0.717, 1.165) is 36.6 Å². The molecule has 0 amide bonds. The lowest BCUT2D eigenvalue weighted by atomic mass is 10.0. The summed E-state index contributed by atoms with van der Waals surface area (Å²) in [6.07, 6.45) is 3.75. The molecular weight excluding hydrogens is 304 g/mol. The van der Waals surface area contributed by atoms with Crippen molar-refractivity contribution >= 4 is 27.4 Å². The van der Waals surface area contributed by atoms with Crippen LogP contribution in [0.25, 0.3) is 10.2 Å². The Morgan fingerprint density at radius 1 is 1.26 bits per heavy atom. The predicted molar refractivity (Wildman–Crippen MR) is 95.9 cm³/mol. The van der Waals surface area contributed by atoms with E-state index in [1.54, 1.807) is 17.7 Å². The average Bonchev–Trinajstić information content (AvgIpc) is 2.99. The zero-order valence-electron chi connectivity index (χ0n) is 13.2. The Labute approximate surface area is 140 Å². The number of aromatic nitrogens is 2. The monoisotopic (exact) mass is 324 g/mol. The molecule has 2 aromatic heterocycles. The summed E-state index contributed by atoms with van der Waals surface area (Å²) in [6.45, 7) is 4.19. The van der Waals surface area contributed by atoms with Crippen molar-refractivity contribution in [3.8, 4) is 0 Å². The summed E-state index contributed by atoms with van der Waals surface area (Å²) in [5, 5.41) is 8.33. The Balaban J connectivity index is 1.75. The lowest BCUT2D eigenvalue weighted by molar-refractivity contribution is 0.657. The first-order valence-electron chi connectivity index (χ1n) is 8.14. The van der Waals surface area contributed by atoms with Gasteiger partial charge in [0.15, 0.2) is 0 Å². The van der Waals surface area contributed by atoms with Gasteiger partial charge in [-0.2, -0.15) is 0 Å². The van der Waals surface area contributed by atoms with Crippen molar-refractivity contribution in [1.82, 2.24) is 15.3 Å². The maximum Gasteiger partial charge on any atom is 0.138 e. The van der Waals surface area contributed by atoms with Crippen LogP contribution in [-0.2, 0) is 13.0 Å². The van der Waals surface area contributed by atoms with E-state index in [2.05, 4.69) is 57.9 Å². The highest BCUT2D eigenvalue weighted by molar-refractivity contribution is 7.18. The highest BCUT2D eigenvalue weighted by atomic mass is 32.1. The normalized spacial score (nSPS) is 15.3. The molecule has 2 N–H and O–H groups in total. The van der Waals surface area contributed by atoms with Crippen LogP contribution in [0.4, 0.5) is 5.82 Å². The standard InChI is InChI=1S/C18H20N4S/c1-2-14(12-6-4-3-5-7-12)22-17-16-13-8-9-19-10-15(13)23-18(16)21-11-20-17/h3-7,11,14,19H,2,8-10H2,1H3,(H,20,21,22)/t14-/m1/s1. The minimum atomic E-state index is 0.270. The molecule has 3 aromatic rings. The first kappa shape index (κ1) is 14.6. The molecule has 5 heteroatoms. The fourth-order valence-electron chi connectivity index (χ4n) is 3.24. The molecule has 1 aromatic carbocycles. The second-order valence-electron chi connectivity index (χ2n) is 5.85. The van der Waals surface area contributed by atoms with Crippen LogP contribution in [0.3, 0.4) is 0 Å². The van der Waals surface area contributed by atoms with E-state index in [1.165, 1.54) is 21.4 Å². The van der Waals surface area contributed by atoms with Gasteiger partial charge in [0, 0.05) is 11.4 Å². The lowest BCUT2D eigenvalue weighted by Crippen LogP contribution is -2.22. The van der Waals surface area contributed by atoms with E-state index in [4.69, 9.17) is 0 Å². The Morgan fingerprint density at radius 3 is 2.96 bits per heavy atom. The number of fused-ring (bicyclic) bond motifs is 3. The van der Waals surface area contributed by atoms with Crippen LogP contribution >= 0.6 is 11.3 Å². The molecule has 0 radical (unpaired) electrons. The molecule has 118 valence electrons. The van der Waals surface area contributed by atoms with Crippen molar-refractivity contribution in [3.05, 3.63) is 52.7 Å². The summed E-state index contributed by atoms with van der Waals surface area (Å²) < 4.78 is 0. The summed E-state index contributed by atoms with van der Waals surface area (Å²) in [6, 6.07) is 10.9. The van der Waals surface area contributed by atoms with Crippen molar-refractivity contribution < 1.29 is 0 Å². The van der Waals surface area contributed by atoms with Crippen LogP contribution in [0.2, 0.25) is 0 Å². The summed E-state index contributed by atoms with van der Waals surface area (Å²) in [5.74, 6) is 0.977. The van der Waals surface area contributed by atoms with Crippen molar-refractivity contribution in [2.45, 2.75) is 32.4 Å². The van der Waals surface area contributed by atoms with Gasteiger partial charge in [-0.15, -0.1) is 11.3 Å². The topological polar surface area (TPSA) is 49.8 Å². The lowest BCUT2D eigenvalue weighted by Gasteiger charge is -2.19. The van der Waals surface area contributed by atoms with Crippen LogP contribution in [0.5, 0.6) is 0 Å². The zero-order valence-corrected chi connectivity index (χ0v) is 14.0. The van der Waals surface area contributed by atoms with Gasteiger partial charge in [-0.3, -0.25) is 0 Å². The van der Waals surface area contributed by atoms with Crippen LogP contribution in [-0.4, -0.2) is 16.5 Å². The minimum absolute atomic E-state index is 0.270. The van der Waals surface area contributed by atoms with Crippen molar-refractivity contribution in [3.63, 3.8) is 0 Å². The Kier molecular flexibility index (Phi) is 3.97. The first-order chi connectivity index (χ1) is 11.4. The number of nitrogens with one attached hydrogen (secondary N) is 2. The molecule has 0 spiro atoms. The summed E-state index contributed by atoms with van der Waals surface area (Å²) in [4.78, 5) is 11.6. The second kappa shape index (κ2) is 6.26. The predicted octanol–water partition coefficient (Wildman–Crippen LogP) is 3.90. The van der Waals surface area contributed by atoms with Crippen LogP contribution in [0.15, 0.2) is 36.7 Å². The van der Waals surface area contributed by atoms with E-state index < -0.39 is 0 Å². The number of thiophene rings is 1. The Bertz CT molecular complexity index is 813. The molecule has 0 saturated heterocycles. The largest absolute Gasteiger partial charge is 0.363 e. The molecule has 0 fully saturated rings. The Morgan fingerprint density at radius 2 is 2.13 bits per heavy atom. The number of nitrogens with zero attached hydrogens (tertiary/aromatic N) is 2. The summed E-state index contributed by atoms with van der Waals surface area (Å²) >= 11 is 1.79. The minimum Gasteiger partial charge on any atom is -0.363 e. The van der Waals surface area contributed by atoms with Gasteiger partial charge in [0.25, 0.3) is 0 Å². The third-order valence-corrected chi connectivity index (χ3v) is 5.57. The molecule has 1 atom stereocenters. The maximum atomic E-state index is 4.56. The van der Waals surface area contributed by atoms with Gasteiger partial charge >= 0.3 is 0 Å². The molecule has 0 aliphatic carbocycles. The third-order valence-electron chi connectivity index (χ3n) is 4.43. The van der Waals surface area contributed by atoms with Crippen molar-refractivity contribution in [1.29, 1.82) is 0 Å². The fourth-order valence-corrected chi connectivity index (χ4v) is 4.40. The third kappa shape index (κ3) is 2.71.